The van der Waals surface area contributed by atoms with E-state index < -0.39 is 0 Å². The number of benzene rings is 2. The van der Waals surface area contributed by atoms with E-state index in [1.54, 1.807) is 37.3 Å². The maximum atomic E-state index is 12.0. The normalized spacial score (nSPS) is 11.2. The third-order valence-electron chi connectivity index (χ3n) is 2.73. The summed E-state index contributed by atoms with van der Waals surface area (Å²) in [5, 5.41) is 13.3. The maximum absolute atomic E-state index is 12.0. The average molecular weight is 380 g/mol. The number of hydrogen-bond acceptors (Lipinski definition) is 3. The van der Waals surface area contributed by atoms with Crippen molar-refractivity contribution in [3.05, 3.63) is 63.2 Å². The Morgan fingerprint density at radius 2 is 1.80 bits per heavy atom. The Balaban J connectivity index is 2.11. The van der Waals surface area contributed by atoms with Crippen molar-refractivity contribution >= 4 is 34.2 Å². The van der Waals surface area contributed by atoms with Crippen molar-refractivity contribution in [3.8, 4) is 5.75 Å². The lowest BCUT2D eigenvalue weighted by atomic mass is 10.1. The van der Waals surface area contributed by atoms with Gasteiger partial charge < -0.3 is 5.11 Å². The van der Waals surface area contributed by atoms with Crippen LogP contribution in [0.2, 0.25) is 0 Å². The van der Waals surface area contributed by atoms with Crippen molar-refractivity contribution in [1.29, 1.82) is 0 Å². The van der Waals surface area contributed by atoms with E-state index in [9.17, 15) is 9.90 Å². The number of hydrogen-bond donors (Lipinski definition) is 2. The molecule has 0 spiro atoms. The molecule has 2 N–H and O–H groups in total. The van der Waals surface area contributed by atoms with Gasteiger partial charge in [0, 0.05) is 3.57 Å². The second-order valence-electron chi connectivity index (χ2n) is 4.16. The van der Waals surface area contributed by atoms with Gasteiger partial charge in [0.25, 0.3) is 5.91 Å². The molecule has 2 aromatic rings. The predicted molar refractivity (Wildman–Crippen MR) is 86.9 cm³/mol. The van der Waals surface area contributed by atoms with Crippen molar-refractivity contribution in [3.63, 3.8) is 0 Å². The second kappa shape index (κ2) is 6.51. The number of halogens is 1. The summed E-state index contributed by atoms with van der Waals surface area (Å²) in [6.07, 6.45) is 0. The summed E-state index contributed by atoms with van der Waals surface area (Å²) in [7, 11) is 0. The highest BCUT2D eigenvalue weighted by atomic mass is 127. The number of carbonyl (C=O) groups is 1. The molecule has 20 heavy (non-hydrogen) atoms. The summed E-state index contributed by atoms with van der Waals surface area (Å²) >= 11 is 2.11. The molecule has 0 aliphatic carbocycles. The summed E-state index contributed by atoms with van der Waals surface area (Å²) in [5.74, 6) is -0.0439. The van der Waals surface area contributed by atoms with Crippen LogP contribution in [0, 0.1) is 3.57 Å². The summed E-state index contributed by atoms with van der Waals surface area (Å²) in [4.78, 5) is 12.0. The lowest BCUT2D eigenvalue weighted by Gasteiger charge is -2.04. The van der Waals surface area contributed by atoms with Crippen LogP contribution in [0.1, 0.15) is 22.8 Å². The fourth-order valence-corrected chi connectivity index (χ4v) is 2.24. The Kier molecular flexibility index (Phi) is 4.73. The Bertz CT molecular complexity index is 651. The van der Waals surface area contributed by atoms with Crippen LogP contribution in [0.5, 0.6) is 5.75 Å². The van der Waals surface area contributed by atoms with E-state index in [1.807, 2.05) is 18.2 Å². The summed E-state index contributed by atoms with van der Waals surface area (Å²) in [5.41, 5.74) is 4.64. The highest BCUT2D eigenvalue weighted by Gasteiger charge is 2.08. The summed E-state index contributed by atoms with van der Waals surface area (Å²) in [6, 6.07) is 14.0. The quantitative estimate of drug-likeness (QED) is 0.488. The molecule has 0 radical (unpaired) electrons. The fraction of sp³-hybridized carbons (Fsp3) is 0.0667. The fourth-order valence-electron chi connectivity index (χ4n) is 1.61. The van der Waals surface area contributed by atoms with Crippen molar-refractivity contribution in [1.82, 2.24) is 5.43 Å². The van der Waals surface area contributed by atoms with Crippen LogP contribution in [0.25, 0.3) is 0 Å². The highest BCUT2D eigenvalue weighted by molar-refractivity contribution is 14.1. The molecule has 5 heteroatoms. The highest BCUT2D eigenvalue weighted by Crippen LogP contribution is 2.12. The van der Waals surface area contributed by atoms with Gasteiger partial charge in [-0.2, -0.15) is 5.10 Å². The van der Waals surface area contributed by atoms with Crippen molar-refractivity contribution in [2.24, 2.45) is 5.10 Å². The molecule has 1 amide bonds. The number of carbonyl (C=O) groups excluding carboxylic acids is 1. The van der Waals surface area contributed by atoms with Gasteiger partial charge >= 0.3 is 0 Å². The van der Waals surface area contributed by atoms with Crippen molar-refractivity contribution < 1.29 is 9.90 Å². The minimum Gasteiger partial charge on any atom is -0.508 e. The molecular formula is C15H13IN2O2. The minimum atomic E-state index is -0.242. The zero-order chi connectivity index (χ0) is 14.5. The van der Waals surface area contributed by atoms with Crippen LogP contribution >= 0.6 is 22.6 Å². The van der Waals surface area contributed by atoms with E-state index in [2.05, 4.69) is 33.1 Å². The first-order valence-corrected chi connectivity index (χ1v) is 7.04. The smallest absolute Gasteiger partial charge is 0.272 e. The third-order valence-corrected chi connectivity index (χ3v) is 3.67. The summed E-state index contributed by atoms with van der Waals surface area (Å²) in [6.45, 7) is 1.79. The van der Waals surface area contributed by atoms with Crippen LogP contribution < -0.4 is 5.43 Å². The summed E-state index contributed by atoms with van der Waals surface area (Å²) < 4.78 is 0.875. The Labute approximate surface area is 130 Å². The molecular weight excluding hydrogens is 367 g/mol. The zero-order valence-electron chi connectivity index (χ0n) is 10.8. The van der Waals surface area contributed by atoms with E-state index in [0.717, 1.165) is 9.13 Å². The number of nitrogens with zero attached hydrogens (tertiary/aromatic N) is 1. The molecule has 0 atom stereocenters. The first-order valence-electron chi connectivity index (χ1n) is 5.96. The van der Waals surface area contributed by atoms with Crippen molar-refractivity contribution in [2.75, 3.05) is 0 Å². The number of phenols is 1. The number of amides is 1. The van der Waals surface area contributed by atoms with E-state index >= 15 is 0 Å². The number of phenolic OH excluding ortho intramolecular Hbond substituents is 1. The number of nitrogens with one attached hydrogen (secondary N) is 1. The van der Waals surface area contributed by atoms with E-state index in [1.165, 1.54) is 0 Å². The van der Waals surface area contributed by atoms with E-state index in [4.69, 9.17) is 0 Å². The number of hydrazone groups is 1. The molecule has 0 saturated carbocycles. The molecule has 102 valence electrons. The van der Waals surface area contributed by atoms with Gasteiger partial charge in [-0.15, -0.1) is 0 Å². The van der Waals surface area contributed by atoms with Gasteiger partial charge in [-0.1, -0.05) is 12.1 Å². The van der Waals surface area contributed by atoms with E-state index in [-0.39, 0.29) is 11.7 Å². The molecule has 0 aromatic heterocycles. The van der Waals surface area contributed by atoms with Crippen LogP contribution in [0.3, 0.4) is 0 Å². The van der Waals surface area contributed by atoms with Gasteiger partial charge in [-0.05, 0) is 71.5 Å². The van der Waals surface area contributed by atoms with Crippen LogP contribution in [-0.2, 0) is 0 Å². The average Bonchev–Trinajstić information content (AvgIpc) is 2.45. The van der Waals surface area contributed by atoms with Crippen LogP contribution in [-0.4, -0.2) is 16.7 Å². The van der Waals surface area contributed by atoms with E-state index in [0.29, 0.717) is 11.3 Å². The number of rotatable bonds is 3. The van der Waals surface area contributed by atoms with Gasteiger partial charge in [0.05, 0.1) is 11.3 Å². The van der Waals surface area contributed by atoms with Gasteiger partial charge in [0.1, 0.15) is 5.75 Å². The second-order valence-corrected chi connectivity index (χ2v) is 5.33. The molecule has 0 aliphatic heterocycles. The van der Waals surface area contributed by atoms with Crippen molar-refractivity contribution in [2.45, 2.75) is 6.92 Å². The Morgan fingerprint density at radius 3 is 2.45 bits per heavy atom. The van der Waals surface area contributed by atoms with Gasteiger partial charge in [-0.25, -0.2) is 5.43 Å². The lowest BCUT2D eigenvalue weighted by Crippen LogP contribution is -2.20. The molecule has 2 rings (SSSR count). The monoisotopic (exact) mass is 380 g/mol. The minimum absolute atomic E-state index is 0.199. The predicted octanol–water partition coefficient (Wildman–Crippen LogP) is 3.15. The zero-order valence-corrected chi connectivity index (χ0v) is 13.0. The first-order chi connectivity index (χ1) is 9.58. The Morgan fingerprint density at radius 1 is 1.15 bits per heavy atom. The molecule has 0 heterocycles. The lowest BCUT2D eigenvalue weighted by molar-refractivity contribution is 0.0954. The van der Waals surface area contributed by atoms with Crippen LogP contribution in [0.4, 0.5) is 0 Å². The SMILES string of the molecule is C/C(=N\NC(=O)c1ccccc1I)c1ccc(O)cc1. The number of aromatic hydroxyl groups is 1. The molecule has 0 unspecified atom stereocenters. The largest absolute Gasteiger partial charge is 0.508 e. The molecule has 0 fully saturated rings. The molecule has 0 aliphatic rings. The Hall–Kier alpha value is -1.89. The molecule has 0 bridgehead atoms. The van der Waals surface area contributed by atoms with Gasteiger partial charge in [0.15, 0.2) is 0 Å². The van der Waals surface area contributed by atoms with Crippen LogP contribution in [0.15, 0.2) is 53.6 Å². The van der Waals surface area contributed by atoms with Gasteiger partial charge in [0.2, 0.25) is 0 Å². The topological polar surface area (TPSA) is 61.7 Å². The first kappa shape index (κ1) is 14.5. The third kappa shape index (κ3) is 3.57. The van der Waals surface area contributed by atoms with Gasteiger partial charge in [-0.3, -0.25) is 4.79 Å². The maximum Gasteiger partial charge on any atom is 0.272 e. The molecule has 2 aromatic carbocycles. The standard InChI is InChI=1S/C15H13IN2O2/c1-10(11-6-8-12(19)9-7-11)17-18-15(20)13-4-2-3-5-14(13)16/h2-9,19H,1H3,(H,18,20)/b17-10+. The molecule has 0 saturated heterocycles. The molecule has 4 nitrogen and oxygen atoms in total.